The third kappa shape index (κ3) is 4.65. The van der Waals surface area contributed by atoms with Crippen LogP contribution in [0.1, 0.15) is 31.1 Å². The first kappa shape index (κ1) is 17.3. The highest BCUT2D eigenvalue weighted by molar-refractivity contribution is 8.13. The zero-order chi connectivity index (χ0) is 15.7. The van der Waals surface area contributed by atoms with Crippen molar-refractivity contribution in [3.05, 3.63) is 28.8 Å². The predicted octanol–water partition coefficient (Wildman–Crippen LogP) is 3.39. The molecular formula is C13H17Cl2NO3S. The Balaban J connectivity index is 3.16. The molecule has 0 saturated carbocycles. The van der Waals surface area contributed by atoms with E-state index >= 15 is 0 Å². The molecule has 0 aliphatic heterocycles. The minimum atomic E-state index is -3.89. The number of carbonyl (C=O) groups excluding carboxylic acids is 1. The first-order valence-corrected chi connectivity index (χ1v) is 8.60. The summed E-state index contributed by atoms with van der Waals surface area (Å²) < 4.78 is 22.6. The minimum Gasteiger partial charge on any atom is -0.341 e. The molecule has 0 saturated heterocycles. The van der Waals surface area contributed by atoms with Crippen molar-refractivity contribution in [2.24, 2.45) is 5.41 Å². The van der Waals surface area contributed by atoms with E-state index in [1.54, 1.807) is 7.05 Å². The van der Waals surface area contributed by atoms with E-state index < -0.39 is 9.05 Å². The normalized spacial score (nSPS) is 12.3. The van der Waals surface area contributed by atoms with Crippen molar-refractivity contribution in [1.29, 1.82) is 0 Å². The molecule has 1 rings (SSSR count). The van der Waals surface area contributed by atoms with Crippen LogP contribution in [-0.2, 0) is 9.05 Å². The van der Waals surface area contributed by atoms with E-state index in [0.717, 1.165) is 0 Å². The number of halogens is 2. The van der Waals surface area contributed by atoms with Gasteiger partial charge in [0.2, 0.25) is 0 Å². The van der Waals surface area contributed by atoms with Gasteiger partial charge in [-0.25, -0.2) is 8.42 Å². The summed E-state index contributed by atoms with van der Waals surface area (Å²) in [6.45, 7) is 6.51. The topological polar surface area (TPSA) is 54.5 Å². The van der Waals surface area contributed by atoms with Crippen molar-refractivity contribution >= 4 is 37.2 Å². The maximum absolute atomic E-state index is 12.3. The fraction of sp³-hybridized carbons (Fsp3) is 0.462. The Morgan fingerprint density at radius 3 is 2.30 bits per heavy atom. The molecule has 0 N–H and O–H groups in total. The van der Waals surface area contributed by atoms with Gasteiger partial charge in [-0.2, -0.15) is 0 Å². The van der Waals surface area contributed by atoms with Gasteiger partial charge in [0.15, 0.2) is 0 Å². The molecule has 1 aromatic carbocycles. The lowest BCUT2D eigenvalue weighted by atomic mass is 9.96. The summed E-state index contributed by atoms with van der Waals surface area (Å²) in [5.41, 5.74) is 0.0488. The van der Waals surface area contributed by atoms with Crippen molar-refractivity contribution in [1.82, 2.24) is 4.90 Å². The molecular weight excluding hydrogens is 321 g/mol. The summed E-state index contributed by atoms with van der Waals surface area (Å²) >= 11 is 5.97. The van der Waals surface area contributed by atoms with Crippen LogP contribution in [0, 0.1) is 5.41 Å². The van der Waals surface area contributed by atoms with E-state index in [4.69, 9.17) is 22.3 Å². The lowest BCUT2D eigenvalue weighted by Crippen LogP contribution is -2.34. The summed E-state index contributed by atoms with van der Waals surface area (Å²) in [6, 6.07) is 3.83. The largest absolute Gasteiger partial charge is 0.341 e. The van der Waals surface area contributed by atoms with Crippen molar-refractivity contribution in [2.45, 2.75) is 25.7 Å². The van der Waals surface area contributed by atoms with Gasteiger partial charge in [-0.1, -0.05) is 32.4 Å². The smallest absolute Gasteiger partial charge is 0.261 e. The SMILES string of the molecule is CN(CC(C)(C)C)C(=O)c1cc(S(=O)(=O)Cl)ccc1Cl. The molecule has 0 unspecified atom stereocenters. The average Bonchev–Trinajstić information content (AvgIpc) is 2.24. The average molecular weight is 338 g/mol. The molecule has 0 radical (unpaired) electrons. The van der Waals surface area contributed by atoms with Crippen LogP contribution in [0.15, 0.2) is 23.1 Å². The Morgan fingerprint density at radius 1 is 1.30 bits per heavy atom. The molecule has 4 nitrogen and oxygen atoms in total. The molecule has 0 atom stereocenters. The summed E-state index contributed by atoms with van der Waals surface area (Å²) in [6.07, 6.45) is 0. The zero-order valence-corrected chi connectivity index (χ0v) is 14.1. The first-order chi connectivity index (χ1) is 8.92. The van der Waals surface area contributed by atoms with Crippen molar-refractivity contribution in [2.75, 3.05) is 13.6 Å². The third-order valence-corrected chi connectivity index (χ3v) is 4.19. The Hall–Kier alpha value is -0.780. The highest BCUT2D eigenvalue weighted by Crippen LogP contribution is 2.25. The van der Waals surface area contributed by atoms with Gasteiger partial charge in [0.1, 0.15) is 0 Å². The summed E-state index contributed by atoms with van der Waals surface area (Å²) in [7, 11) is 3.03. The van der Waals surface area contributed by atoms with Gasteiger partial charge in [-0.15, -0.1) is 0 Å². The standard InChI is InChI=1S/C13H17Cl2NO3S/c1-13(2,3)8-16(4)12(17)10-7-9(20(15,18)19)5-6-11(10)14/h5-7H,8H2,1-4H3. The Kier molecular flexibility index (Phi) is 5.11. The fourth-order valence-electron chi connectivity index (χ4n) is 1.81. The van der Waals surface area contributed by atoms with Gasteiger partial charge in [0.25, 0.3) is 15.0 Å². The Morgan fingerprint density at radius 2 is 1.85 bits per heavy atom. The van der Waals surface area contributed by atoms with Gasteiger partial charge in [0, 0.05) is 24.3 Å². The number of hydrogen-bond acceptors (Lipinski definition) is 3. The molecule has 20 heavy (non-hydrogen) atoms. The summed E-state index contributed by atoms with van der Waals surface area (Å²) in [4.78, 5) is 13.7. The molecule has 0 heterocycles. The van der Waals surface area contributed by atoms with E-state index in [2.05, 4.69) is 0 Å². The molecule has 112 valence electrons. The number of carbonyl (C=O) groups is 1. The third-order valence-electron chi connectivity index (χ3n) is 2.51. The van der Waals surface area contributed by atoms with Crippen molar-refractivity contribution < 1.29 is 13.2 Å². The van der Waals surface area contributed by atoms with Crippen LogP contribution < -0.4 is 0 Å². The Labute approximate surface area is 129 Å². The molecule has 1 aromatic rings. The highest BCUT2D eigenvalue weighted by atomic mass is 35.7. The van der Waals surface area contributed by atoms with Crippen LogP contribution in [0.2, 0.25) is 5.02 Å². The molecule has 7 heteroatoms. The Bertz CT molecular complexity index is 621. The van der Waals surface area contributed by atoms with Crippen molar-refractivity contribution in [3.63, 3.8) is 0 Å². The van der Waals surface area contributed by atoms with Gasteiger partial charge in [0.05, 0.1) is 15.5 Å². The second kappa shape index (κ2) is 5.92. The molecule has 0 fully saturated rings. The molecule has 1 amide bonds. The van der Waals surface area contributed by atoms with Crippen LogP contribution in [0.3, 0.4) is 0 Å². The number of nitrogens with zero attached hydrogens (tertiary/aromatic N) is 1. The van der Waals surface area contributed by atoms with Gasteiger partial charge in [-0.3, -0.25) is 4.79 Å². The van der Waals surface area contributed by atoms with Gasteiger partial charge >= 0.3 is 0 Å². The second-order valence-corrected chi connectivity index (χ2v) is 8.77. The van der Waals surface area contributed by atoms with Crippen LogP contribution in [0.4, 0.5) is 0 Å². The van der Waals surface area contributed by atoms with E-state index in [9.17, 15) is 13.2 Å². The molecule has 0 aliphatic rings. The van der Waals surface area contributed by atoms with Crippen LogP contribution in [0.5, 0.6) is 0 Å². The van der Waals surface area contributed by atoms with E-state index in [1.165, 1.54) is 23.1 Å². The number of hydrogen-bond donors (Lipinski definition) is 0. The van der Waals surface area contributed by atoms with Crippen LogP contribution >= 0.6 is 22.3 Å². The molecule has 0 bridgehead atoms. The highest BCUT2D eigenvalue weighted by Gasteiger charge is 2.22. The maximum atomic E-state index is 12.3. The monoisotopic (exact) mass is 337 g/mol. The summed E-state index contributed by atoms with van der Waals surface area (Å²) in [5.74, 6) is -0.341. The molecule has 0 aromatic heterocycles. The van der Waals surface area contributed by atoms with Gasteiger partial charge in [-0.05, 0) is 23.6 Å². The molecule has 0 aliphatic carbocycles. The predicted molar refractivity (Wildman–Crippen MR) is 80.9 cm³/mol. The minimum absolute atomic E-state index is 0.0763. The number of amides is 1. The first-order valence-electron chi connectivity index (χ1n) is 5.91. The van der Waals surface area contributed by atoms with Crippen LogP contribution in [-0.4, -0.2) is 32.8 Å². The van der Waals surface area contributed by atoms with E-state index in [0.29, 0.717) is 6.54 Å². The number of rotatable bonds is 3. The van der Waals surface area contributed by atoms with Crippen molar-refractivity contribution in [3.8, 4) is 0 Å². The van der Waals surface area contributed by atoms with E-state index in [1.807, 2.05) is 20.8 Å². The van der Waals surface area contributed by atoms with Crippen LogP contribution in [0.25, 0.3) is 0 Å². The fourth-order valence-corrected chi connectivity index (χ4v) is 2.78. The lowest BCUT2D eigenvalue weighted by Gasteiger charge is -2.27. The van der Waals surface area contributed by atoms with E-state index in [-0.39, 0.29) is 26.8 Å². The van der Waals surface area contributed by atoms with Gasteiger partial charge < -0.3 is 4.90 Å². The number of benzene rings is 1. The maximum Gasteiger partial charge on any atom is 0.261 e. The molecule has 0 spiro atoms. The second-order valence-electron chi connectivity index (χ2n) is 5.80. The lowest BCUT2D eigenvalue weighted by molar-refractivity contribution is 0.0745. The quantitative estimate of drug-likeness (QED) is 0.794. The zero-order valence-electron chi connectivity index (χ0n) is 11.8. The summed E-state index contributed by atoms with van der Waals surface area (Å²) in [5, 5.41) is 0.194.